The fraction of sp³-hybridized carbons (Fsp3) is 0.154. The highest BCUT2D eigenvalue weighted by Crippen LogP contribution is 2.20. The number of halogens is 1. The molecule has 2 rings (SSSR count). The molecule has 0 aliphatic rings. The van der Waals surface area contributed by atoms with E-state index in [0.717, 1.165) is 0 Å². The van der Waals surface area contributed by atoms with Gasteiger partial charge in [-0.2, -0.15) is 10.4 Å². The molecular weight excluding hydrogens is 280 g/mol. The smallest absolute Gasteiger partial charge is 0.240 e. The molecule has 0 aliphatic heterocycles. The topological polar surface area (TPSA) is 79.9 Å². The Morgan fingerprint density at radius 2 is 2.20 bits per heavy atom. The number of hydrogen-bond acceptors (Lipinski definition) is 4. The molecular formula is C13H11ClN4O2. The fourth-order valence-corrected chi connectivity index (χ4v) is 1.69. The average Bonchev–Trinajstić information content (AvgIpc) is 2.90. The first-order valence-electron chi connectivity index (χ1n) is 5.68. The maximum atomic E-state index is 11.4. The van der Waals surface area contributed by atoms with Crippen molar-refractivity contribution in [3.05, 3.63) is 36.0 Å². The minimum atomic E-state index is -0.370. The van der Waals surface area contributed by atoms with Crippen LogP contribution in [0.1, 0.15) is 5.69 Å². The molecule has 1 aromatic carbocycles. The number of methoxy groups -OCH3 is 1. The van der Waals surface area contributed by atoms with Crippen LogP contribution in [0.25, 0.3) is 5.69 Å². The Labute approximate surface area is 120 Å². The molecule has 2 aromatic rings. The molecule has 0 atom stereocenters. The number of ether oxygens (including phenoxy) is 1. The Bertz CT molecular complexity index is 658. The molecule has 0 bridgehead atoms. The van der Waals surface area contributed by atoms with Gasteiger partial charge in [-0.05, 0) is 24.3 Å². The van der Waals surface area contributed by atoms with Crippen molar-refractivity contribution in [1.29, 1.82) is 5.26 Å². The van der Waals surface area contributed by atoms with E-state index < -0.39 is 0 Å². The van der Waals surface area contributed by atoms with Gasteiger partial charge < -0.3 is 10.1 Å². The molecule has 102 valence electrons. The summed E-state index contributed by atoms with van der Waals surface area (Å²) in [6.07, 6.45) is 0. The molecule has 0 saturated heterocycles. The number of nitrogens with zero attached hydrogens (tertiary/aromatic N) is 3. The van der Waals surface area contributed by atoms with Crippen LogP contribution in [-0.4, -0.2) is 28.7 Å². The van der Waals surface area contributed by atoms with E-state index in [0.29, 0.717) is 17.3 Å². The molecule has 1 N–H and O–H groups in total. The Morgan fingerprint density at radius 1 is 1.50 bits per heavy atom. The van der Waals surface area contributed by atoms with E-state index in [9.17, 15) is 4.79 Å². The molecule has 0 saturated carbocycles. The zero-order chi connectivity index (χ0) is 14.5. The van der Waals surface area contributed by atoms with Crippen LogP contribution in [0.4, 0.5) is 5.82 Å². The van der Waals surface area contributed by atoms with Gasteiger partial charge in [0.1, 0.15) is 23.5 Å². The van der Waals surface area contributed by atoms with Crippen LogP contribution in [0.5, 0.6) is 5.75 Å². The molecule has 1 aromatic heterocycles. The normalized spacial score (nSPS) is 9.85. The number of nitrogens with one attached hydrogen (secondary N) is 1. The Morgan fingerprint density at radius 3 is 2.75 bits per heavy atom. The van der Waals surface area contributed by atoms with Crippen LogP contribution < -0.4 is 10.1 Å². The van der Waals surface area contributed by atoms with Crippen molar-refractivity contribution >= 4 is 23.3 Å². The van der Waals surface area contributed by atoms with Gasteiger partial charge in [0.15, 0.2) is 5.69 Å². The molecule has 0 spiro atoms. The summed E-state index contributed by atoms with van der Waals surface area (Å²) in [7, 11) is 1.57. The maximum Gasteiger partial charge on any atom is 0.240 e. The summed E-state index contributed by atoms with van der Waals surface area (Å²) in [5.74, 6) is 0.548. The largest absolute Gasteiger partial charge is 0.497 e. The lowest BCUT2D eigenvalue weighted by Gasteiger charge is -2.08. The molecule has 0 unspecified atom stereocenters. The molecule has 6 nitrogen and oxygen atoms in total. The van der Waals surface area contributed by atoms with Gasteiger partial charge in [0.2, 0.25) is 5.91 Å². The van der Waals surface area contributed by atoms with Crippen LogP contribution >= 0.6 is 11.6 Å². The monoisotopic (exact) mass is 290 g/mol. The first-order valence-corrected chi connectivity index (χ1v) is 6.21. The molecule has 1 amide bonds. The van der Waals surface area contributed by atoms with E-state index in [-0.39, 0.29) is 17.5 Å². The Hall–Kier alpha value is -2.52. The predicted octanol–water partition coefficient (Wildman–Crippen LogP) is 1.93. The van der Waals surface area contributed by atoms with Gasteiger partial charge in [0.05, 0.1) is 12.8 Å². The summed E-state index contributed by atoms with van der Waals surface area (Å²) in [5, 5.41) is 15.6. The number of alkyl halides is 1. The summed E-state index contributed by atoms with van der Waals surface area (Å²) < 4.78 is 6.54. The summed E-state index contributed by atoms with van der Waals surface area (Å²) in [5.41, 5.74) is 0.892. The summed E-state index contributed by atoms with van der Waals surface area (Å²) >= 11 is 5.46. The van der Waals surface area contributed by atoms with E-state index in [1.165, 1.54) is 10.7 Å². The minimum Gasteiger partial charge on any atom is -0.497 e. The van der Waals surface area contributed by atoms with Crippen molar-refractivity contribution in [2.45, 2.75) is 0 Å². The van der Waals surface area contributed by atoms with Crippen molar-refractivity contribution in [2.24, 2.45) is 0 Å². The minimum absolute atomic E-state index is 0.171. The van der Waals surface area contributed by atoms with Crippen molar-refractivity contribution in [3.63, 3.8) is 0 Å². The van der Waals surface area contributed by atoms with E-state index >= 15 is 0 Å². The zero-order valence-electron chi connectivity index (χ0n) is 10.6. The van der Waals surface area contributed by atoms with Gasteiger partial charge in [-0.25, -0.2) is 4.68 Å². The lowest BCUT2D eigenvalue weighted by Crippen LogP contribution is -2.15. The van der Waals surface area contributed by atoms with E-state index in [4.69, 9.17) is 21.6 Å². The number of amides is 1. The highest BCUT2D eigenvalue weighted by Gasteiger charge is 2.12. The molecule has 7 heteroatoms. The third-order valence-electron chi connectivity index (χ3n) is 2.53. The number of benzene rings is 1. The van der Waals surface area contributed by atoms with Crippen molar-refractivity contribution < 1.29 is 9.53 Å². The zero-order valence-corrected chi connectivity index (χ0v) is 11.4. The van der Waals surface area contributed by atoms with E-state index in [2.05, 4.69) is 10.4 Å². The first-order chi connectivity index (χ1) is 9.67. The average molecular weight is 291 g/mol. The molecule has 1 heterocycles. The molecule has 0 fully saturated rings. The third kappa shape index (κ3) is 2.90. The van der Waals surface area contributed by atoms with Gasteiger partial charge in [-0.1, -0.05) is 0 Å². The van der Waals surface area contributed by atoms with Crippen LogP contribution in [0, 0.1) is 11.3 Å². The number of nitriles is 1. The number of carbonyl (C=O) groups is 1. The van der Waals surface area contributed by atoms with E-state index in [1.54, 1.807) is 31.4 Å². The van der Waals surface area contributed by atoms with Crippen LogP contribution in [-0.2, 0) is 4.79 Å². The van der Waals surface area contributed by atoms with Gasteiger partial charge in [0.25, 0.3) is 0 Å². The van der Waals surface area contributed by atoms with Gasteiger partial charge in [-0.3, -0.25) is 4.79 Å². The van der Waals surface area contributed by atoms with Crippen molar-refractivity contribution in [2.75, 3.05) is 18.3 Å². The van der Waals surface area contributed by atoms with Gasteiger partial charge in [-0.15, -0.1) is 11.6 Å². The number of aromatic nitrogens is 2. The van der Waals surface area contributed by atoms with Gasteiger partial charge in [0, 0.05) is 6.07 Å². The number of hydrogen-bond donors (Lipinski definition) is 1. The van der Waals surface area contributed by atoms with Crippen molar-refractivity contribution in [1.82, 2.24) is 9.78 Å². The summed E-state index contributed by atoms with van der Waals surface area (Å²) in [4.78, 5) is 11.4. The van der Waals surface area contributed by atoms with E-state index in [1.807, 2.05) is 6.07 Å². The SMILES string of the molecule is COc1ccc(-n2nc(C#N)cc2NC(=O)CCl)cc1. The Balaban J connectivity index is 2.40. The molecule has 20 heavy (non-hydrogen) atoms. The fourth-order valence-electron chi connectivity index (χ4n) is 1.62. The van der Waals surface area contributed by atoms with Crippen LogP contribution in [0.2, 0.25) is 0 Å². The highest BCUT2D eigenvalue weighted by molar-refractivity contribution is 6.29. The predicted molar refractivity (Wildman–Crippen MR) is 74.2 cm³/mol. The summed E-state index contributed by atoms with van der Waals surface area (Å²) in [6, 6.07) is 10.5. The van der Waals surface area contributed by atoms with Crippen LogP contribution in [0.15, 0.2) is 30.3 Å². The summed E-state index contributed by atoms with van der Waals surface area (Å²) in [6.45, 7) is 0. The second-order valence-corrected chi connectivity index (χ2v) is 4.09. The molecule has 0 radical (unpaired) electrons. The number of anilines is 1. The maximum absolute atomic E-state index is 11.4. The first kappa shape index (κ1) is 13.9. The lowest BCUT2D eigenvalue weighted by atomic mass is 10.3. The number of rotatable bonds is 4. The Kier molecular flexibility index (Phi) is 4.23. The standard InChI is InChI=1S/C13H11ClN4O2/c1-20-11-4-2-10(3-5-11)18-12(16-13(19)7-14)6-9(8-15)17-18/h2-6H,7H2,1H3,(H,16,19). The second kappa shape index (κ2) is 6.08. The van der Waals surface area contributed by atoms with Gasteiger partial charge >= 0.3 is 0 Å². The lowest BCUT2D eigenvalue weighted by molar-refractivity contribution is -0.114. The highest BCUT2D eigenvalue weighted by atomic mass is 35.5. The van der Waals surface area contributed by atoms with Crippen LogP contribution in [0.3, 0.4) is 0 Å². The molecule has 0 aliphatic carbocycles. The van der Waals surface area contributed by atoms with Crippen molar-refractivity contribution in [3.8, 4) is 17.5 Å². The quantitative estimate of drug-likeness (QED) is 0.873. The second-order valence-electron chi connectivity index (χ2n) is 3.82. The third-order valence-corrected chi connectivity index (χ3v) is 2.77. The number of carbonyl (C=O) groups excluding carboxylic acids is 1.